The average Bonchev–Trinajstić information content (AvgIpc) is 3.55. The van der Waals surface area contributed by atoms with Crippen molar-refractivity contribution in [2.24, 2.45) is 5.92 Å². The van der Waals surface area contributed by atoms with Crippen molar-refractivity contribution in [3.63, 3.8) is 0 Å². The lowest BCUT2D eigenvalue weighted by Crippen LogP contribution is -2.55. The molecule has 1 N–H and O–H groups in total. The second-order valence-corrected chi connectivity index (χ2v) is 10.8. The van der Waals surface area contributed by atoms with Gasteiger partial charge in [0.05, 0.1) is 43.7 Å². The van der Waals surface area contributed by atoms with Crippen LogP contribution in [0.4, 0.5) is 0 Å². The summed E-state index contributed by atoms with van der Waals surface area (Å²) in [6, 6.07) is 0. The standard InChI is InChI=1S/C26H40O8/c1-17-10-21(31-14-17)4-7-26(13-20(28)16-32-26)34-24-6-9-30-23-3-2-22(33-25(23)24)12-19(27)11-18-5-8-29-15-18/h18,20-25,28H,1-16H2/t18?,20?,21?,22?,23?,24?,25-,26-/m0/s1. The van der Waals surface area contributed by atoms with E-state index >= 15 is 0 Å². The molecule has 0 radical (unpaired) electrons. The molecule has 0 aromatic carbocycles. The van der Waals surface area contributed by atoms with E-state index < -0.39 is 11.9 Å². The monoisotopic (exact) mass is 480 g/mol. The lowest BCUT2D eigenvalue weighted by molar-refractivity contribution is -0.295. The SMILES string of the molecule is C=C1COC(CC[C@]2(OC3CCOC4CCC(CC(=O)CC5CCOC5)O[C@@H]43)CC(O)CO2)C1. The number of Topliss-reactive ketones (excluding diaryl/α,β-unsaturated/α-hetero) is 1. The van der Waals surface area contributed by atoms with Crippen LogP contribution in [0, 0.1) is 5.92 Å². The molecule has 8 nitrogen and oxygen atoms in total. The molecule has 8 heteroatoms. The predicted molar refractivity (Wildman–Crippen MR) is 122 cm³/mol. The molecular weight excluding hydrogens is 440 g/mol. The molecule has 5 rings (SSSR count). The van der Waals surface area contributed by atoms with Gasteiger partial charge in [0.15, 0.2) is 5.79 Å². The highest BCUT2D eigenvalue weighted by Crippen LogP contribution is 2.40. The second-order valence-electron chi connectivity index (χ2n) is 10.8. The summed E-state index contributed by atoms with van der Waals surface area (Å²) in [6.45, 7) is 6.99. The normalized spacial score (nSPS) is 42.7. The lowest BCUT2D eigenvalue weighted by Gasteiger charge is -2.46. The summed E-state index contributed by atoms with van der Waals surface area (Å²) in [5.41, 5.74) is 1.12. The topological polar surface area (TPSA) is 92.7 Å². The zero-order valence-corrected chi connectivity index (χ0v) is 20.2. The Morgan fingerprint density at radius 2 is 2.00 bits per heavy atom. The van der Waals surface area contributed by atoms with Crippen molar-refractivity contribution in [1.82, 2.24) is 0 Å². The third-order valence-corrected chi connectivity index (χ3v) is 7.92. The molecule has 34 heavy (non-hydrogen) atoms. The third kappa shape index (κ3) is 6.09. The van der Waals surface area contributed by atoms with E-state index in [0.29, 0.717) is 57.8 Å². The average molecular weight is 481 g/mol. The Balaban J connectivity index is 1.19. The Kier molecular flexibility index (Phi) is 8.05. The molecule has 0 bridgehead atoms. The molecule has 0 spiro atoms. The van der Waals surface area contributed by atoms with Crippen LogP contribution in [0.2, 0.25) is 0 Å². The molecule has 5 saturated heterocycles. The minimum Gasteiger partial charge on any atom is -0.391 e. The van der Waals surface area contributed by atoms with Gasteiger partial charge in [-0.15, -0.1) is 0 Å². The first-order valence-corrected chi connectivity index (χ1v) is 13.1. The Labute approximate surface area is 202 Å². The van der Waals surface area contributed by atoms with E-state index in [2.05, 4.69) is 6.58 Å². The van der Waals surface area contributed by atoms with Crippen LogP contribution in [0.5, 0.6) is 0 Å². The van der Waals surface area contributed by atoms with Gasteiger partial charge in [-0.25, -0.2) is 0 Å². The molecule has 192 valence electrons. The maximum Gasteiger partial charge on any atom is 0.171 e. The first-order valence-electron chi connectivity index (χ1n) is 13.1. The van der Waals surface area contributed by atoms with E-state index in [1.165, 1.54) is 0 Å². The van der Waals surface area contributed by atoms with E-state index in [9.17, 15) is 9.90 Å². The molecule has 0 aliphatic carbocycles. The molecule has 5 fully saturated rings. The number of ketones is 1. The van der Waals surface area contributed by atoms with Gasteiger partial charge in [0.1, 0.15) is 11.9 Å². The number of ether oxygens (including phenoxy) is 6. The van der Waals surface area contributed by atoms with Crippen LogP contribution in [0.3, 0.4) is 0 Å². The van der Waals surface area contributed by atoms with Crippen LogP contribution < -0.4 is 0 Å². The number of hydrogen-bond acceptors (Lipinski definition) is 8. The highest BCUT2D eigenvalue weighted by Gasteiger charge is 2.48. The molecule has 0 amide bonds. The zero-order valence-electron chi connectivity index (χ0n) is 20.2. The third-order valence-electron chi connectivity index (χ3n) is 7.92. The molecule has 8 atom stereocenters. The number of carbonyl (C=O) groups is 1. The van der Waals surface area contributed by atoms with Gasteiger partial charge in [0.25, 0.3) is 0 Å². The van der Waals surface area contributed by atoms with Crippen LogP contribution in [0.25, 0.3) is 0 Å². The van der Waals surface area contributed by atoms with Crippen molar-refractivity contribution >= 4 is 5.78 Å². The summed E-state index contributed by atoms with van der Waals surface area (Å²) in [7, 11) is 0. The van der Waals surface area contributed by atoms with E-state index in [4.69, 9.17) is 28.4 Å². The van der Waals surface area contributed by atoms with Gasteiger partial charge >= 0.3 is 0 Å². The molecule has 0 saturated carbocycles. The molecule has 6 unspecified atom stereocenters. The fourth-order valence-corrected chi connectivity index (χ4v) is 6.13. The molecule has 0 aromatic heterocycles. The number of rotatable bonds is 9. The Morgan fingerprint density at radius 3 is 2.74 bits per heavy atom. The van der Waals surface area contributed by atoms with Gasteiger partial charge in [-0.3, -0.25) is 4.79 Å². The smallest absolute Gasteiger partial charge is 0.171 e. The Bertz CT molecular complexity index is 722. The lowest BCUT2D eigenvalue weighted by atomic mass is 9.90. The second kappa shape index (κ2) is 11.0. The minimum atomic E-state index is -0.839. The molecular formula is C26H40O8. The van der Waals surface area contributed by atoms with Crippen LogP contribution in [-0.2, 0) is 33.2 Å². The van der Waals surface area contributed by atoms with Crippen molar-refractivity contribution < 1.29 is 38.3 Å². The molecule has 0 aromatic rings. The highest BCUT2D eigenvalue weighted by atomic mass is 16.7. The van der Waals surface area contributed by atoms with Gasteiger partial charge in [-0.2, -0.15) is 0 Å². The van der Waals surface area contributed by atoms with Crippen molar-refractivity contribution in [2.75, 3.05) is 33.0 Å². The summed E-state index contributed by atoms with van der Waals surface area (Å²) >= 11 is 0. The van der Waals surface area contributed by atoms with Gasteiger partial charge < -0.3 is 33.5 Å². The summed E-state index contributed by atoms with van der Waals surface area (Å²) < 4.78 is 36.4. The van der Waals surface area contributed by atoms with Crippen LogP contribution >= 0.6 is 0 Å². The van der Waals surface area contributed by atoms with E-state index in [1.807, 2.05) is 0 Å². The molecule has 5 aliphatic rings. The van der Waals surface area contributed by atoms with E-state index in [0.717, 1.165) is 44.3 Å². The summed E-state index contributed by atoms with van der Waals surface area (Å²) in [5.74, 6) is -0.233. The highest BCUT2D eigenvalue weighted by molar-refractivity contribution is 5.79. The zero-order chi connectivity index (χ0) is 23.5. The number of fused-ring (bicyclic) bond motifs is 1. The molecule has 5 aliphatic heterocycles. The number of hydrogen-bond donors (Lipinski definition) is 1. The maximum atomic E-state index is 12.6. The van der Waals surface area contributed by atoms with Gasteiger partial charge in [-0.1, -0.05) is 6.58 Å². The largest absolute Gasteiger partial charge is 0.391 e. The quantitative estimate of drug-likeness (QED) is 0.504. The van der Waals surface area contributed by atoms with Crippen molar-refractivity contribution in [3.8, 4) is 0 Å². The number of aliphatic hydroxyl groups is 1. The van der Waals surface area contributed by atoms with Crippen LogP contribution in [-0.4, -0.2) is 86.3 Å². The Hall–Kier alpha value is -0.870. The first kappa shape index (κ1) is 24.8. The fraction of sp³-hybridized carbons (Fsp3) is 0.885. The summed E-state index contributed by atoms with van der Waals surface area (Å²) in [5, 5.41) is 10.3. The number of carbonyl (C=O) groups excluding carboxylic acids is 1. The van der Waals surface area contributed by atoms with Crippen LogP contribution in [0.15, 0.2) is 12.2 Å². The van der Waals surface area contributed by atoms with Crippen molar-refractivity contribution in [3.05, 3.63) is 12.2 Å². The van der Waals surface area contributed by atoms with E-state index in [-0.39, 0.29) is 42.9 Å². The van der Waals surface area contributed by atoms with Gasteiger partial charge in [-0.05, 0) is 50.0 Å². The fourth-order valence-electron chi connectivity index (χ4n) is 6.13. The van der Waals surface area contributed by atoms with Crippen molar-refractivity contribution in [2.45, 2.75) is 107 Å². The Morgan fingerprint density at radius 1 is 1.09 bits per heavy atom. The first-order chi connectivity index (χ1) is 16.5. The summed E-state index contributed by atoms with van der Waals surface area (Å²) in [6.07, 6.45) is 6.19. The predicted octanol–water partition coefficient (Wildman–Crippen LogP) is 2.70. The van der Waals surface area contributed by atoms with Gasteiger partial charge in [0, 0.05) is 45.5 Å². The maximum absolute atomic E-state index is 12.6. The van der Waals surface area contributed by atoms with Crippen LogP contribution in [0.1, 0.15) is 64.2 Å². The summed E-state index contributed by atoms with van der Waals surface area (Å²) in [4.78, 5) is 12.6. The number of aliphatic hydroxyl groups excluding tert-OH is 1. The molecule has 5 heterocycles. The van der Waals surface area contributed by atoms with Crippen molar-refractivity contribution in [1.29, 1.82) is 0 Å². The minimum absolute atomic E-state index is 0.0294. The van der Waals surface area contributed by atoms with E-state index in [1.54, 1.807) is 0 Å². The van der Waals surface area contributed by atoms with Gasteiger partial charge in [0.2, 0.25) is 0 Å².